The van der Waals surface area contributed by atoms with Crippen molar-refractivity contribution in [1.29, 1.82) is 5.26 Å². The number of sulfone groups is 1. The number of benzene rings is 2. The molecule has 5 nitrogen and oxygen atoms in total. The van der Waals surface area contributed by atoms with Gasteiger partial charge < -0.3 is 5.32 Å². The first kappa shape index (κ1) is 15.7. The van der Waals surface area contributed by atoms with Gasteiger partial charge in [-0.2, -0.15) is 5.26 Å². The van der Waals surface area contributed by atoms with Crippen molar-refractivity contribution in [3.05, 3.63) is 65.7 Å². The quantitative estimate of drug-likeness (QED) is 0.915. The van der Waals surface area contributed by atoms with Gasteiger partial charge in [0.2, 0.25) is 5.91 Å². The minimum atomic E-state index is -3.57. The predicted molar refractivity (Wildman–Crippen MR) is 83.7 cm³/mol. The van der Waals surface area contributed by atoms with Gasteiger partial charge in [0.15, 0.2) is 9.84 Å². The van der Waals surface area contributed by atoms with Gasteiger partial charge in [0.05, 0.1) is 17.0 Å². The largest absolute Gasteiger partial charge is 0.324 e. The van der Waals surface area contributed by atoms with Crippen molar-refractivity contribution >= 4 is 21.4 Å². The zero-order chi connectivity index (χ0) is 16.0. The number of anilines is 1. The molecule has 0 atom stereocenters. The van der Waals surface area contributed by atoms with E-state index in [0.717, 1.165) is 0 Å². The number of hydrogen-bond donors (Lipinski definition) is 1. The van der Waals surface area contributed by atoms with E-state index in [4.69, 9.17) is 5.26 Å². The second kappa shape index (κ2) is 6.87. The van der Waals surface area contributed by atoms with Gasteiger partial charge >= 0.3 is 0 Å². The highest BCUT2D eigenvalue weighted by Crippen LogP contribution is 2.14. The Morgan fingerprint density at radius 3 is 2.36 bits per heavy atom. The Labute approximate surface area is 129 Å². The summed E-state index contributed by atoms with van der Waals surface area (Å²) in [6.07, 6.45) is 0. The first-order chi connectivity index (χ1) is 10.5. The molecule has 1 amide bonds. The first-order valence-corrected chi connectivity index (χ1v) is 8.35. The van der Waals surface area contributed by atoms with Crippen molar-refractivity contribution < 1.29 is 13.2 Å². The lowest BCUT2D eigenvalue weighted by Gasteiger charge is -2.07. The van der Waals surface area contributed by atoms with E-state index in [9.17, 15) is 13.2 Å². The van der Waals surface area contributed by atoms with Gasteiger partial charge in [-0.05, 0) is 17.7 Å². The van der Waals surface area contributed by atoms with E-state index in [1.807, 2.05) is 6.07 Å². The molecular formula is C16H14N2O3S. The van der Waals surface area contributed by atoms with Crippen LogP contribution in [0.3, 0.4) is 0 Å². The highest BCUT2D eigenvalue weighted by molar-refractivity contribution is 7.91. The number of nitrogens with zero attached hydrogens (tertiary/aromatic N) is 1. The number of amides is 1. The van der Waals surface area contributed by atoms with E-state index in [1.54, 1.807) is 54.6 Å². The van der Waals surface area contributed by atoms with Crippen LogP contribution in [0.15, 0.2) is 54.6 Å². The van der Waals surface area contributed by atoms with Gasteiger partial charge in [0.1, 0.15) is 11.8 Å². The van der Waals surface area contributed by atoms with Crippen LogP contribution in [0.2, 0.25) is 0 Å². The van der Waals surface area contributed by atoms with Crippen molar-refractivity contribution in [3.8, 4) is 6.07 Å². The number of carbonyl (C=O) groups is 1. The van der Waals surface area contributed by atoms with Gasteiger partial charge in [0, 0.05) is 0 Å². The van der Waals surface area contributed by atoms with E-state index < -0.39 is 21.5 Å². The van der Waals surface area contributed by atoms with Crippen LogP contribution in [-0.4, -0.2) is 20.1 Å². The van der Waals surface area contributed by atoms with Crippen LogP contribution in [0.25, 0.3) is 0 Å². The molecule has 0 spiro atoms. The Morgan fingerprint density at radius 1 is 1.05 bits per heavy atom. The second-order valence-electron chi connectivity index (χ2n) is 4.72. The minimum absolute atomic E-state index is 0.193. The SMILES string of the molecule is N#Cc1ccccc1NC(=O)CS(=O)(=O)Cc1ccccc1. The highest BCUT2D eigenvalue weighted by Gasteiger charge is 2.18. The molecule has 0 unspecified atom stereocenters. The summed E-state index contributed by atoms with van der Waals surface area (Å²) in [6, 6.07) is 17.0. The molecule has 2 rings (SSSR count). The van der Waals surface area contributed by atoms with Crippen LogP contribution in [0, 0.1) is 11.3 Å². The summed E-state index contributed by atoms with van der Waals surface area (Å²) in [7, 11) is -3.57. The zero-order valence-corrected chi connectivity index (χ0v) is 12.5. The van der Waals surface area contributed by atoms with E-state index in [0.29, 0.717) is 11.3 Å². The molecule has 6 heteroatoms. The zero-order valence-electron chi connectivity index (χ0n) is 11.7. The normalized spacial score (nSPS) is 10.7. The Kier molecular flexibility index (Phi) is 4.92. The molecule has 0 aliphatic carbocycles. The fourth-order valence-corrected chi connectivity index (χ4v) is 3.23. The highest BCUT2D eigenvalue weighted by atomic mass is 32.2. The van der Waals surface area contributed by atoms with Gasteiger partial charge in [0.25, 0.3) is 0 Å². The molecule has 0 aliphatic rings. The monoisotopic (exact) mass is 314 g/mol. The Balaban J connectivity index is 2.04. The minimum Gasteiger partial charge on any atom is -0.324 e. The number of carbonyl (C=O) groups excluding carboxylic acids is 1. The molecule has 2 aromatic carbocycles. The van der Waals surface area contributed by atoms with Crippen LogP contribution in [-0.2, 0) is 20.4 Å². The maximum Gasteiger partial charge on any atom is 0.239 e. The third kappa shape index (κ3) is 4.43. The van der Waals surface area contributed by atoms with E-state index in [2.05, 4.69) is 5.32 Å². The summed E-state index contributed by atoms with van der Waals surface area (Å²) in [5, 5.41) is 11.4. The lowest BCUT2D eigenvalue weighted by atomic mass is 10.2. The third-order valence-corrected chi connectivity index (χ3v) is 4.38. The fraction of sp³-hybridized carbons (Fsp3) is 0.125. The van der Waals surface area contributed by atoms with Crippen molar-refractivity contribution in [2.45, 2.75) is 5.75 Å². The first-order valence-electron chi connectivity index (χ1n) is 6.53. The predicted octanol–water partition coefficient (Wildman–Crippen LogP) is 2.11. The number of para-hydroxylation sites is 1. The molecule has 0 saturated heterocycles. The summed E-state index contributed by atoms with van der Waals surface area (Å²) in [4.78, 5) is 11.9. The molecule has 112 valence electrons. The van der Waals surface area contributed by atoms with E-state index in [-0.39, 0.29) is 11.3 Å². The standard InChI is InChI=1S/C16H14N2O3S/c17-10-14-8-4-5-9-15(14)18-16(19)12-22(20,21)11-13-6-2-1-3-7-13/h1-9H,11-12H2,(H,18,19). The van der Waals surface area contributed by atoms with Crippen molar-refractivity contribution in [1.82, 2.24) is 0 Å². The summed E-state index contributed by atoms with van der Waals surface area (Å²) in [6.45, 7) is 0. The van der Waals surface area contributed by atoms with E-state index in [1.165, 1.54) is 0 Å². The van der Waals surface area contributed by atoms with Crippen molar-refractivity contribution in [2.75, 3.05) is 11.1 Å². The average Bonchev–Trinajstić information content (AvgIpc) is 2.47. The Hall–Kier alpha value is -2.65. The van der Waals surface area contributed by atoms with Crippen LogP contribution in [0.4, 0.5) is 5.69 Å². The van der Waals surface area contributed by atoms with Gasteiger partial charge in [-0.25, -0.2) is 8.42 Å². The topological polar surface area (TPSA) is 87.0 Å². The van der Waals surface area contributed by atoms with Crippen molar-refractivity contribution in [3.63, 3.8) is 0 Å². The fourth-order valence-electron chi connectivity index (χ4n) is 1.95. The molecule has 0 aromatic heterocycles. The van der Waals surface area contributed by atoms with Gasteiger partial charge in [-0.15, -0.1) is 0 Å². The Bertz CT molecular complexity index is 809. The van der Waals surface area contributed by atoms with Gasteiger partial charge in [-0.1, -0.05) is 42.5 Å². The lowest BCUT2D eigenvalue weighted by Crippen LogP contribution is -2.24. The summed E-state index contributed by atoms with van der Waals surface area (Å²) in [5.74, 6) is -1.47. The number of rotatable bonds is 5. The molecule has 2 aromatic rings. The molecule has 0 heterocycles. The molecule has 0 bridgehead atoms. The maximum atomic E-state index is 12.0. The number of nitrogens with one attached hydrogen (secondary N) is 1. The second-order valence-corrected chi connectivity index (χ2v) is 6.79. The number of nitriles is 1. The summed E-state index contributed by atoms with van der Waals surface area (Å²) < 4.78 is 24.1. The van der Waals surface area contributed by atoms with Crippen LogP contribution >= 0.6 is 0 Å². The Morgan fingerprint density at radius 2 is 1.68 bits per heavy atom. The third-order valence-electron chi connectivity index (χ3n) is 2.90. The van der Waals surface area contributed by atoms with Crippen LogP contribution < -0.4 is 5.32 Å². The molecule has 22 heavy (non-hydrogen) atoms. The molecule has 0 radical (unpaired) electrons. The smallest absolute Gasteiger partial charge is 0.239 e. The molecule has 0 aliphatic heterocycles. The molecule has 0 saturated carbocycles. The van der Waals surface area contributed by atoms with Gasteiger partial charge in [-0.3, -0.25) is 4.79 Å². The van der Waals surface area contributed by atoms with E-state index >= 15 is 0 Å². The summed E-state index contributed by atoms with van der Waals surface area (Å²) >= 11 is 0. The van der Waals surface area contributed by atoms with Crippen molar-refractivity contribution in [2.24, 2.45) is 0 Å². The maximum absolute atomic E-state index is 12.0. The lowest BCUT2D eigenvalue weighted by molar-refractivity contribution is -0.113. The van der Waals surface area contributed by atoms with Crippen LogP contribution in [0.1, 0.15) is 11.1 Å². The molecule has 0 fully saturated rings. The summed E-state index contributed by atoms with van der Waals surface area (Å²) in [5.41, 5.74) is 1.23. The molecular weight excluding hydrogens is 300 g/mol. The molecule has 1 N–H and O–H groups in total. The average molecular weight is 314 g/mol. The van der Waals surface area contributed by atoms with Crippen LogP contribution in [0.5, 0.6) is 0 Å². The number of hydrogen-bond acceptors (Lipinski definition) is 4.